The summed E-state index contributed by atoms with van der Waals surface area (Å²) in [4.78, 5) is 11.5. The Kier molecular flexibility index (Phi) is 2.00. The van der Waals surface area contributed by atoms with Gasteiger partial charge in [0, 0.05) is 0 Å². The number of nitriles is 1. The summed E-state index contributed by atoms with van der Waals surface area (Å²) in [5, 5.41) is 9.00. The van der Waals surface area contributed by atoms with E-state index in [0.717, 1.165) is 12.8 Å². The van der Waals surface area contributed by atoms with E-state index in [1.54, 1.807) is 0 Å². The van der Waals surface area contributed by atoms with E-state index < -0.39 is 5.60 Å². The van der Waals surface area contributed by atoms with E-state index in [1.807, 2.05) is 0 Å². The van der Waals surface area contributed by atoms with Gasteiger partial charge in [-0.05, 0) is 25.7 Å². The standard InChI is InChI=1S/C10H13NO3/c1-13-8(12)10-4-2-9(6-11,3-5-10)7-14-10/h2-5,7H2,1H3. The minimum atomic E-state index is -0.743. The molecule has 0 radical (unpaired) electrons. The SMILES string of the molecule is COC(=O)C12CCC(C#N)(CC1)CO2. The molecule has 0 unspecified atom stereocenters. The number of ether oxygens (including phenoxy) is 2. The molecule has 0 N–H and O–H groups in total. The summed E-state index contributed by atoms with van der Waals surface area (Å²) in [6.45, 7) is 0.374. The molecule has 2 bridgehead atoms. The lowest BCUT2D eigenvalue weighted by Gasteiger charge is -2.47. The Morgan fingerprint density at radius 2 is 2.07 bits per heavy atom. The topological polar surface area (TPSA) is 59.3 Å². The van der Waals surface area contributed by atoms with Crippen LogP contribution in [0.25, 0.3) is 0 Å². The lowest BCUT2D eigenvalue weighted by molar-refractivity contribution is -0.201. The molecular formula is C10H13NO3. The second kappa shape index (κ2) is 2.96. The molecule has 1 aliphatic carbocycles. The molecule has 0 aromatic rings. The minimum absolute atomic E-state index is 0.288. The number of nitrogens with zero attached hydrogens (tertiary/aromatic N) is 1. The first-order valence-electron chi connectivity index (χ1n) is 4.80. The maximum Gasteiger partial charge on any atom is 0.338 e. The van der Waals surface area contributed by atoms with Gasteiger partial charge in [-0.3, -0.25) is 0 Å². The molecule has 3 fully saturated rings. The van der Waals surface area contributed by atoms with E-state index in [-0.39, 0.29) is 11.4 Å². The fourth-order valence-electron chi connectivity index (χ4n) is 2.29. The molecular weight excluding hydrogens is 182 g/mol. The number of fused-ring (bicyclic) bond motifs is 3. The highest BCUT2D eigenvalue weighted by Crippen LogP contribution is 2.48. The Balaban J connectivity index is 2.17. The molecule has 0 amide bonds. The van der Waals surface area contributed by atoms with Crippen LogP contribution in [0.3, 0.4) is 0 Å². The van der Waals surface area contributed by atoms with Gasteiger partial charge in [0.2, 0.25) is 0 Å². The van der Waals surface area contributed by atoms with Crippen molar-refractivity contribution in [2.45, 2.75) is 31.3 Å². The quantitative estimate of drug-likeness (QED) is 0.586. The summed E-state index contributed by atoms with van der Waals surface area (Å²) in [6, 6.07) is 2.30. The predicted molar refractivity (Wildman–Crippen MR) is 47.2 cm³/mol. The van der Waals surface area contributed by atoms with Crippen molar-refractivity contribution >= 4 is 5.97 Å². The van der Waals surface area contributed by atoms with Crippen molar-refractivity contribution in [2.75, 3.05) is 13.7 Å². The molecule has 2 aliphatic heterocycles. The summed E-state index contributed by atoms with van der Waals surface area (Å²) in [5.74, 6) is -0.288. The third kappa shape index (κ3) is 1.12. The number of carbonyl (C=O) groups is 1. The van der Waals surface area contributed by atoms with Crippen LogP contribution in [0.2, 0.25) is 0 Å². The third-order valence-electron chi connectivity index (χ3n) is 3.43. The van der Waals surface area contributed by atoms with E-state index in [0.29, 0.717) is 19.4 Å². The molecule has 0 atom stereocenters. The number of methoxy groups -OCH3 is 1. The van der Waals surface area contributed by atoms with Gasteiger partial charge in [0.1, 0.15) is 0 Å². The van der Waals surface area contributed by atoms with Gasteiger partial charge in [0.25, 0.3) is 0 Å². The molecule has 1 saturated carbocycles. The van der Waals surface area contributed by atoms with Gasteiger partial charge in [-0.2, -0.15) is 5.26 Å². The molecule has 2 saturated heterocycles. The molecule has 4 nitrogen and oxygen atoms in total. The van der Waals surface area contributed by atoms with Gasteiger partial charge in [-0.25, -0.2) is 4.79 Å². The van der Waals surface area contributed by atoms with E-state index >= 15 is 0 Å². The van der Waals surface area contributed by atoms with Crippen LogP contribution < -0.4 is 0 Å². The molecule has 3 aliphatic rings. The van der Waals surface area contributed by atoms with Gasteiger partial charge in [-0.15, -0.1) is 0 Å². The van der Waals surface area contributed by atoms with Crippen molar-refractivity contribution < 1.29 is 14.3 Å². The van der Waals surface area contributed by atoms with E-state index in [1.165, 1.54) is 7.11 Å². The summed E-state index contributed by atoms with van der Waals surface area (Å²) < 4.78 is 10.2. The average Bonchev–Trinajstić information content (AvgIpc) is 2.30. The van der Waals surface area contributed by atoms with Crippen LogP contribution in [0, 0.1) is 16.7 Å². The maximum absolute atomic E-state index is 11.5. The van der Waals surface area contributed by atoms with Gasteiger partial charge in [0.15, 0.2) is 5.60 Å². The molecule has 4 heteroatoms. The zero-order valence-corrected chi connectivity index (χ0v) is 8.21. The molecule has 0 aromatic heterocycles. The molecule has 3 rings (SSSR count). The first-order chi connectivity index (χ1) is 6.66. The van der Waals surface area contributed by atoms with Crippen molar-refractivity contribution in [2.24, 2.45) is 5.41 Å². The van der Waals surface area contributed by atoms with Crippen molar-refractivity contribution in [1.29, 1.82) is 5.26 Å². The number of carbonyl (C=O) groups excluding carboxylic acids is 1. The molecule has 2 heterocycles. The Bertz CT molecular complexity index is 280. The lowest BCUT2D eigenvalue weighted by atomic mass is 9.67. The number of hydrogen-bond donors (Lipinski definition) is 0. The highest BCUT2D eigenvalue weighted by Gasteiger charge is 2.54. The zero-order valence-electron chi connectivity index (χ0n) is 8.21. The van der Waals surface area contributed by atoms with Crippen LogP contribution in [0.4, 0.5) is 0 Å². The molecule has 0 spiro atoms. The van der Waals surface area contributed by atoms with Crippen molar-refractivity contribution in [3.05, 3.63) is 0 Å². The normalized spacial score (nSPS) is 40.3. The number of hydrogen-bond acceptors (Lipinski definition) is 4. The predicted octanol–water partition coefficient (Wildman–Crippen LogP) is 1.01. The zero-order chi connectivity index (χ0) is 10.2. The Labute approximate surface area is 82.8 Å². The molecule has 76 valence electrons. The number of rotatable bonds is 1. The first kappa shape index (κ1) is 9.47. The van der Waals surface area contributed by atoms with E-state index in [4.69, 9.17) is 14.7 Å². The summed E-state index contributed by atoms with van der Waals surface area (Å²) in [5.41, 5.74) is -1.08. The Morgan fingerprint density at radius 1 is 1.43 bits per heavy atom. The lowest BCUT2D eigenvalue weighted by Crippen LogP contribution is -2.55. The van der Waals surface area contributed by atoms with Gasteiger partial charge < -0.3 is 9.47 Å². The van der Waals surface area contributed by atoms with Crippen LogP contribution >= 0.6 is 0 Å². The Hall–Kier alpha value is -1.08. The van der Waals surface area contributed by atoms with Crippen LogP contribution in [0.5, 0.6) is 0 Å². The maximum atomic E-state index is 11.5. The van der Waals surface area contributed by atoms with Crippen molar-refractivity contribution in [3.8, 4) is 6.07 Å². The Morgan fingerprint density at radius 3 is 2.43 bits per heavy atom. The first-order valence-corrected chi connectivity index (χ1v) is 4.80. The minimum Gasteiger partial charge on any atom is -0.467 e. The van der Waals surface area contributed by atoms with E-state index in [2.05, 4.69) is 6.07 Å². The van der Waals surface area contributed by atoms with Crippen LogP contribution in [0.15, 0.2) is 0 Å². The smallest absolute Gasteiger partial charge is 0.338 e. The third-order valence-corrected chi connectivity index (χ3v) is 3.43. The average molecular weight is 195 g/mol. The van der Waals surface area contributed by atoms with Gasteiger partial charge >= 0.3 is 5.97 Å². The largest absolute Gasteiger partial charge is 0.467 e. The second-order valence-electron chi connectivity index (χ2n) is 4.17. The van der Waals surface area contributed by atoms with Gasteiger partial charge in [0.05, 0.1) is 25.2 Å². The van der Waals surface area contributed by atoms with Crippen molar-refractivity contribution in [3.63, 3.8) is 0 Å². The fourth-order valence-corrected chi connectivity index (χ4v) is 2.29. The summed E-state index contributed by atoms with van der Waals surface area (Å²) in [6.07, 6.45) is 2.73. The molecule has 0 aromatic carbocycles. The summed E-state index contributed by atoms with van der Waals surface area (Å²) >= 11 is 0. The van der Waals surface area contributed by atoms with E-state index in [9.17, 15) is 4.79 Å². The van der Waals surface area contributed by atoms with Crippen LogP contribution in [0.1, 0.15) is 25.7 Å². The highest BCUT2D eigenvalue weighted by molar-refractivity contribution is 5.80. The van der Waals surface area contributed by atoms with Crippen LogP contribution in [-0.4, -0.2) is 25.3 Å². The summed E-state index contributed by atoms with van der Waals surface area (Å²) in [7, 11) is 1.38. The van der Waals surface area contributed by atoms with Crippen molar-refractivity contribution in [1.82, 2.24) is 0 Å². The fraction of sp³-hybridized carbons (Fsp3) is 0.800. The van der Waals surface area contributed by atoms with Crippen LogP contribution in [-0.2, 0) is 14.3 Å². The highest BCUT2D eigenvalue weighted by atomic mass is 16.6. The monoisotopic (exact) mass is 195 g/mol. The number of esters is 1. The second-order valence-corrected chi connectivity index (χ2v) is 4.17. The van der Waals surface area contributed by atoms with Gasteiger partial charge in [-0.1, -0.05) is 0 Å². The molecule has 14 heavy (non-hydrogen) atoms.